The molecule has 0 radical (unpaired) electrons. The summed E-state index contributed by atoms with van der Waals surface area (Å²) in [7, 11) is -4.02. The van der Waals surface area contributed by atoms with Gasteiger partial charge in [0.2, 0.25) is 0 Å². The maximum atomic E-state index is 11.1. The highest BCUT2D eigenvalue weighted by molar-refractivity contribution is 7.84. The van der Waals surface area contributed by atoms with E-state index in [0.29, 0.717) is 12.8 Å². The molecule has 0 saturated heterocycles. The summed E-state index contributed by atoms with van der Waals surface area (Å²) in [5.74, 6) is 0.621. The van der Waals surface area contributed by atoms with Gasteiger partial charge in [0.25, 0.3) is 0 Å². The zero-order valence-electron chi connectivity index (χ0n) is 16.8. The molecule has 2 aliphatic rings. The number of thiophene rings is 1. The fraction of sp³-hybridized carbons (Fsp3) is 0.429. The predicted molar refractivity (Wildman–Crippen MR) is 119 cm³/mol. The maximum absolute atomic E-state index is 11.1. The van der Waals surface area contributed by atoms with Crippen LogP contribution >= 0.6 is 11.3 Å². The van der Waals surface area contributed by atoms with E-state index in [9.17, 15) is 13.5 Å². The second-order valence-electron chi connectivity index (χ2n) is 8.30. The molecule has 1 saturated carbocycles. The Morgan fingerprint density at radius 3 is 2.90 bits per heavy atom. The van der Waals surface area contributed by atoms with Gasteiger partial charge in [-0.05, 0) is 53.7 Å². The van der Waals surface area contributed by atoms with Crippen LogP contribution in [0.15, 0.2) is 36.0 Å². The van der Waals surface area contributed by atoms with Crippen LogP contribution < -0.4 is 10.5 Å². The number of fused-ring (bicyclic) bond motifs is 2. The lowest BCUT2D eigenvalue weighted by atomic mass is 9.98. The molecule has 0 amide bonds. The zero-order chi connectivity index (χ0) is 21.6. The summed E-state index contributed by atoms with van der Waals surface area (Å²) in [5.41, 5.74) is 4.65. The second-order valence-corrected chi connectivity index (χ2v) is 10.4. The summed E-state index contributed by atoms with van der Waals surface area (Å²) in [6.07, 6.45) is 4.17. The fourth-order valence-electron chi connectivity index (χ4n) is 4.85. The quantitative estimate of drug-likeness (QED) is 0.516. The van der Waals surface area contributed by atoms with Gasteiger partial charge in [0.15, 0.2) is 0 Å². The number of nitrogens with one attached hydrogen (secondary N) is 1. The highest BCUT2D eigenvalue weighted by atomic mass is 32.2. The lowest BCUT2D eigenvalue weighted by molar-refractivity contribution is 0.101. The number of aliphatic hydroxyl groups excluding tert-OH is 1. The van der Waals surface area contributed by atoms with Crippen molar-refractivity contribution in [1.82, 2.24) is 9.97 Å². The standard InChI is InChI=1S/C21H24N4O4S2/c22-31(27,28)29-9-14-7-13(8-18(14)26)16-10-30-20-19(16)23-11-24-21(20)25-17-6-5-12-3-1-2-4-15(12)17/h1-4,10-11,13-14,17-18,26H,5-9H2,(H2,22,27,28)(H,23,24,25)/t13-,14+,17+,18+/m1/s1. The molecule has 2 aliphatic carbocycles. The highest BCUT2D eigenvalue weighted by Crippen LogP contribution is 2.44. The third-order valence-electron chi connectivity index (χ3n) is 6.37. The number of hydrogen-bond donors (Lipinski definition) is 3. The van der Waals surface area contributed by atoms with Crippen LogP contribution in [0.3, 0.4) is 0 Å². The molecule has 0 spiro atoms. The van der Waals surface area contributed by atoms with Crippen LogP contribution in [0.1, 0.15) is 47.9 Å². The summed E-state index contributed by atoms with van der Waals surface area (Å²) in [5, 5.41) is 21.0. The molecule has 1 aromatic carbocycles. The van der Waals surface area contributed by atoms with Gasteiger partial charge in [0, 0.05) is 5.92 Å². The Bertz CT molecular complexity index is 1210. The van der Waals surface area contributed by atoms with E-state index in [4.69, 9.17) is 9.32 Å². The van der Waals surface area contributed by atoms with Gasteiger partial charge in [0.1, 0.15) is 12.1 Å². The van der Waals surface area contributed by atoms with Crippen molar-refractivity contribution in [3.63, 3.8) is 0 Å². The zero-order valence-corrected chi connectivity index (χ0v) is 18.4. The van der Waals surface area contributed by atoms with E-state index >= 15 is 0 Å². The van der Waals surface area contributed by atoms with Crippen LogP contribution in [-0.4, -0.2) is 36.2 Å². The first kappa shape index (κ1) is 20.8. The predicted octanol–water partition coefficient (Wildman–Crippen LogP) is 2.87. The Labute approximate surface area is 184 Å². The van der Waals surface area contributed by atoms with Gasteiger partial charge in [-0.2, -0.15) is 8.42 Å². The molecular formula is C21H24N4O4S2. The first-order chi connectivity index (χ1) is 14.9. The fourth-order valence-corrected chi connectivity index (χ4v) is 6.27. The second kappa shape index (κ2) is 8.10. The normalized spacial score (nSPS) is 25.7. The number of benzene rings is 1. The minimum Gasteiger partial charge on any atom is -0.393 e. The molecule has 8 nitrogen and oxygen atoms in total. The topological polar surface area (TPSA) is 127 Å². The van der Waals surface area contributed by atoms with Gasteiger partial charge in [-0.3, -0.25) is 4.18 Å². The molecule has 1 fully saturated rings. The molecule has 4 N–H and O–H groups in total. The summed E-state index contributed by atoms with van der Waals surface area (Å²) < 4.78 is 27.9. The number of aliphatic hydroxyl groups is 1. The maximum Gasteiger partial charge on any atom is 0.333 e. The average Bonchev–Trinajstić information content (AvgIpc) is 3.43. The average molecular weight is 461 g/mol. The number of hydrogen-bond acceptors (Lipinski definition) is 8. The van der Waals surface area contributed by atoms with E-state index in [1.165, 1.54) is 11.1 Å². The Kier molecular flexibility index (Phi) is 5.43. The number of nitrogens with two attached hydrogens (primary N) is 1. The van der Waals surface area contributed by atoms with Crippen molar-refractivity contribution < 1.29 is 17.7 Å². The van der Waals surface area contributed by atoms with Crippen molar-refractivity contribution >= 4 is 37.7 Å². The molecule has 0 aliphatic heterocycles. The van der Waals surface area contributed by atoms with E-state index in [1.54, 1.807) is 17.7 Å². The third kappa shape index (κ3) is 4.18. The SMILES string of the molecule is NS(=O)(=O)OC[C@@H]1C[C@@H](c2csc3c(N[C@H]4CCc5ccccc54)ncnc23)C[C@@H]1O. The van der Waals surface area contributed by atoms with E-state index in [2.05, 4.69) is 44.9 Å². The molecule has 31 heavy (non-hydrogen) atoms. The minimum absolute atomic E-state index is 0.0767. The van der Waals surface area contributed by atoms with Gasteiger partial charge in [-0.1, -0.05) is 24.3 Å². The molecule has 5 rings (SSSR count). The van der Waals surface area contributed by atoms with Crippen LogP contribution in [0.5, 0.6) is 0 Å². The van der Waals surface area contributed by atoms with Gasteiger partial charge >= 0.3 is 10.3 Å². The number of anilines is 1. The van der Waals surface area contributed by atoms with Crippen molar-refractivity contribution in [2.45, 2.75) is 43.7 Å². The van der Waals surface area contributed by atoms with Gasteiger partial charge < -0.3 is 10.4 Å². The van der Waals surface area contributed by atoms with Crippen LogP contribution in [0.4, 0.5) is 5.82 Å². The van der Waals surface area contributed by atoms with Crippen LogP contribution in [-0.2, 0) is 20.9 Å². The van der Waals surface area contributed by atoms with E-state index in [0.717, 1.165) is 34.4 Å². The molecule has 164 valence electrons. The van der Waals surface area contributed by atoms with Gasteiger partial charge in [-0.25, -0.2) is 15.1 Å². The summed E-state index contributed by atoms with van der Waals surface area (Å²) in [6, 6.07) is 8.72. The lowest BCUT2D eigenvalue weighted by Crippen LogP contribution is -2.24. The molecule has 4 atom stereocenters. The first-order valence-electron chi connectivity index (χ1n) is 10.3. The summed E-state index contributed by atoms with van der Waals surface area (Å²) in [6.45, 7) is -0.110. The van der Waals surface area contributed by atoms with E-state index in [-0.39, 0.29) is 24.5 Å². The number of aromatic nitrogens is 2. The van der Waals surface area contributed by atoms with Crippen LogP contribution in [0.2, 0.25) is 0 Å². The van der Waals surface area contributed by atoms with Crippen molar-refractivity contribution in [2.24, 2.45) is 11.1 Å². The number of aryl methyl sites for hydroxylation is 1. The Hall–Kier alpha value is -2.11. The van der Waals surface area contributed by atoms with E-state index in [1.807, 2.05) is 0 Å². The lowest BCUT2D eigenvalue weighted by Gasteiger charge is -2.15. The smallest absolute Gasteiger partial charge is 0.333 e. The molecule has 10 heteroatoms. The summed E-state index contributed by atoms with van der Waals surface area (Å²) in [4.78, 5) is 9.04. The van der Waals surface area contributed by atoms with Crippen LogP contribution in [0.25, 0.3) is 10.2 Å². The van der Waals surface area contributed by atoms with Crippen molar-refractivity contribution in [3.05, 3.63) is 52.7 Å². The number of nitrogens with zero attached hydrogens (tertiary/aromatic N) is 2. The number of rotatable bonds is 6. The third-order valence-corrected chi connectivity index (χ3v) is 7.83. The molecule has 2 heterocycles. The Morgan fingerprint density at radius 2 is 2.06 bits per heavy atom. The monoisotopic (exact) mass is 460 g/mol. The molecular weight excluding hydrogens is 436 g/mol. The Morgan fingerprint density at radius 1 is 1.23 bits per heavy atom. The first-order valence-corrected chi connectivity index (χ1v) is 12.7. The largest absolute Gasteiger partial charge is 0.393 e. The van der Waals surface area contributed by atoms with E-state index < -0.39 is 16.4 Å². The molecule has 3 aromatic rings. The molecule has 0 unspecified atom stereocenters. The van der Waals surface area contributed by atoms with Crippen molar-refractivity contribution in [3.8, 4) is 0 Å². The molecule has 2 aromatic heterocycles. The Balaban J connectivity index is 1.37. The highest BCUT2D eigenvalue weighted by Gasteiger charge is 2.36. The van der Waals surface area contributed by atoms with Crippen molar-refractivity contribution in [2.75, 3.05) is 11.9 Å². The van der Waals surface area contributed by atoms with Gasteiger partial charge in [0.05, 0.1) is 29.0 Å². The van der Waals surface area contributed by atoms with Crippen molar-refractivity contribution in [1.29, 1.82) is 0 Å². The molecule has 0 bridgehead atoms. The minimum atomic E-state index is -4.02. The van der Waals surface area contributed by atoms with Gasteiger partial charge in [-0.15, -0.1) is 11.3 Å². The van der Waals surface area contributed by atoms with Crippen LogP contribution in [0, 0.1) is 5.92 Å². The summed E-state index contributed by atoms with van der Waals surface area (Å²) >= 11 is 1.60.